The van der Waals surface area contributed by atoms with E-state index in [0.29, 0.717) is 12.5 Å². The molecule has 5 heteroatoms. The molecule has 0 fully saturated rings. The highest BCUT2D eigenvalue weighted by Crippen LogP contribution is 2.25. The van der Waals surface area contributed by atoms with Crippen LogP contribution in [-0.4, -0.2) is 23.6 Å². The first-order valence-corrected chi connectivity index (χ1v) is 8.33. The zero-order valence-electron chi connectivity index (χ0n) is 15.3. The number of nitrogens with one attached hydrogen (secondary N) is 1. The van der Waals surface area contributed by atoms with Crippen LogP contribution in [0.4, 0.5) is 0 Å². The molecule has 0 aromatic heterocycles. The Hall–Kier alpha value is -2.04. The summed E-state index contributed by atoms with van der Waals surface area (Å²) >= 11 is 0. The molecular formula is C19H29NO4. The molecule has 1 aromatic rings. The van der Waals surface area contributed by atoms with Crippen molar-refractivity contribution in [3.8, 4) is 5.75 Å². The van der Waals surface area contributed by atoms with Gasteiger partial charge in [-0.2, -0.15) is 0 Å². The zero-order valence-corrected chi connectivity index (χ0v) is 15.3. The van der Waals surface area contributed by atoms with E-state index in [2.05, 4.69) is 19.2 Å². The van der Waals surface area contributed by atoms with E-state index in [-0.39, 0.29) is 24.8 Å². The van der Waals surface area contributed by atoms with Crippen LogP contribution >= 0.6 is 0 Å². The molecule has 134 valence electrons. The van der Waals surface area contributed by atoms with Crippen molar-refractivity contribution in [2.45, 2.75) is 53.5 Å². The Morgan fingerprint density at radius 2 is 1.71 bits per heavy atom. The molecule has 2 N–H and O–H groups in total. The van der Waals surface area contributed by atoms with E-state index >= 15 is 0 Å². The van der Waals surface area contributed by atoms with Crippen LogP contribution in [0.15, 0.2) is 24.3 Å². The van der Waals surface area contributed by atoms with Crippen LogP contribution in [0.25, 0.3) is 0 Å². The van der Waals surface area contributed by atoms with Crippen molar-refractivity contribution in [1.29, 1.82) is 0 Å². The molecule has 1 atom stereocenters. The smallest absolute Gasteiger partial charge is 0.303 e. The third-order valence-electron chi connectivity index (χ3n) is 3.61. The average molecular weight is 335 g/mol. The van der Waals surface area contributed by atoms with Gasteiger partial charge in [-0.3, -0.25) is 9.59 Å². The summed E-state index contributed by atoms with van der Waals surface area (Å²) in [6.45, 7) is 10.3. The van der Waals surface area contributed by atoms with Gasteiger partial charge in [0.2, 0.25) is 5.91 Å². The van der Waals surface area contributed by atoms with Gasteiger partial charge in [-0.25, -0.2) is 0 Å². The maximum Gasteiger partial charge on any atom is 0.303 e. The molecule has 0 aliphatic rings. The Bertz CT molecular complexity index is 549. The Kier molecular flexibility index (Phi) is 7.26. The number of carbonyl (C=O) groups excluding carboxylic acids is 1. The molecule has 1 aromatic carbocycles. The maximum atomic E-state index is 12.1. The Balaban J connectivity index is 2.56. The molecule has 5 nitrogen and oxygen atoms in total. The van der Waals surface area contributed by atoms with Crippen LogP contribution in [0.5, 0.6) is 5.75 Å². The highest BCUT2D eigenvalue weighted by atomic mass is 16.5. The molecule has 24 heavy (non-hydrogen) atoms. The molecule has 0 saturated heterocycles. The normalized spacial score (nSPS) is 12.8. The van der Waals surface area contributed by atoms with Crippen molar-refractivity contribution in [1.82, 2.24) is 5.32 Å². The minimum Gasteiger partial charge on any atom is -0.493 e. The van der Waals surface area contributed by atoms with E-state index in [9.17, 15) is 9.59 Å². The van der Waals surface area contributed by atoms with E-state index in [4.69, 9.17) is 9.84 Å². The van der Waals surface area contributed by atoms with E-state index in [0.717, 1.165) is 11.3 Å². The fourth-order valence-electron chi connectivity index (χ4n) is 2.40. The molecule has 1 unspecified atom stereocenters. The third-order valence-corrected chi connectivity index (χ3v) is 3.61. The van der Waals surface area contributed by atoms with Crippen molar-refractivity contribution < 1.29 is 19.4 Å². The number of carboxylic acid groups (broad SMARTS) is 1. The van der Waals surface area contributed by atoms with E-state index in [1.807, 2.05) is 31.2 Å². The van der Waals surface area contributed by atoms with Gasteiger partial charge in [0.15, 0.2) is 0 Å². The molecule has 0 aliphatic carbocycles. The van der Waals surface area contributed by atoms with Crippen LogP contribution in [0, 0.1) is 11.3 Å². The molecule has 0 heterocycles. The molecule has 1 rings (SSSR count). The number of carbonyl (C=O) groups is 2. The van der Waals surface area contributed by atoms with Crippen molar-refractivity contribution in [3.05, 3.63) is 29.8 Å². The first-order chi connectivity index (χ1) is 11.1. The van der Waals surface area contributed by atoms with Gasteiger partial charge in [0.25, 0.3) is 0 Å². The minimum atomic E-state index is -0.891. The Morgan fingerprint density at radius 1 is 1.12 bits per heavy atom. The number of rotatable bonds is 9. The number of benzene rings is 1. The average Bonchev–Trinajstić information content (AvgIpc) is 2.43. The van der Waals surface area contributed by atoms with Gasteiger partial charge in [0.05, 0.1) is 19.1 Å². The standard InChI is InChI=1S/C19H29NO4/c1-13(2)12-24-16-8-6-15(7-9-16)14(3)20-17(21)10-19(4,5)11-18(22)23/h6-9,13-14H,10-12H2,1-5H3,(H,20,21)(H,22,23). The molecule has 0 bridgehead atoms. The van der Waals surface area contributed by atoms with E-state index < -0.39 is 11.4 Å². The maximum absolute atomic E-state index is 12.1. The molecular weight excluding hydrogens is 306 g/mol. The summed E-state index contributed by atoms with van der Waals surface area (Å²) in [4.78, 5) is 23.0. The number of ether oxygens (including phenoxy) is 1. The lowest BCUT2D eigenvalue weighted by molar-refractivity contribution is -0.139. The first kappa shape index (κ1) is 20.0. The monoisotopic (exact) mass is 335 g/mol. The van der Waals surface area contributed by atoms with E-state index in [1.54, 1.807) is 13.8 Å². The summed E-state index contributed by atoms with van der Waals surface area (Å²) in [6.07, 6.45) is 0.149. The summed E-state index contributed by atoms with van der Waals surface area (Å²) in [5.74, 6) is 0.248. The van der Waals surface area contributed by atoms with Crippen LogP contribution in [-0.2, 0) is 9.59 Å². The van der Waals surface area contributed by atoms with Crippen LogP contribution < -0.4 is 10.1 Å². The van der Waals surface area contributed by atoms with Gasteiger partial charge < -0.3 is 15.2 Å². The lowest BCUT2D eigenvalue weighted by Gasteiger charge is -2.23. The number of hydrogen-bond donors (Lipinski definition) is 2. The highest BCUT2D eigenvalue weighted by Gasteiger charge is 2.25. The van der Waals surface area contributed by atoms with E-state index in [1.165, 1.54) is 0 Å². The Labute approximate surface area is 144 Å². The zero-order chi connectivity index (χ0) is 18.3. The van der Waals surface area contributed by atoms with Gasteiger partial charge in [-0.1, -0.05) is 39.8 Å². The molecule has 0 saturated carbocycles. The molecule has 1 amide bonds. The quantitative estimate of drug-likeness (QED) is 0.720. The van der Waals surface area contributed by atoms with Crippen molar-refractivity contribution in [2.75, 3.05) is 6.61 Å². The topological polar surface area (TPSA) is 75.6 Å². The summed E-state index contributed by atoms with van der Waals surface area (Å²) in [5, 5.41) is 11.8. The summed E-state index contributed by atoms with van der Waals surface area (Å²) < 4.78 is 5.64. The van der Waals surface area contributed by atoms with Gasteiger partial charge >= 0.3 is 5.97 Å². The second kappa shape index (κ2) is 8.71. The van der Waals surface area contributed by atoms with Crippen LogP contribution in [0.3, 0.4) is 0 Å². The number of carboxylic acids is 1. The van der Waals surface area contributed by atoms with Crippen molar-refractivity contribution in [3.63, 3.8) is 0 Å². The second-order valence-electron chi connectivity index (χ2n) is 7.47. The number of hydrogen-bond acceptors (Lipinski definition) is 3. The van der Waals surface area contributed by atoms with Crippen LogP contribution in [0.1, 0.15) is 59.1 Å². The van der Waals surface area contributed by atoms with Crippen molar-refractivity contribution in [2.24, 2.45) is 11.3 Å². The lowest BCUT2D eigenvalue weighted by Crippen LogP contribution is -2.31. The largest absolute Gasteiger partial charge is 0.493 e. The SMILES string of the molecule is CC(C)COc1ccc(C(C)NC(=O)CC(C)(C)CC(=O)O)cc1. The Morgan fingerprint density at radius 3 is 2.21 bits per heavy atom. The highest BCUT2D eigenvalue weighted by molar-refractivity contribution is 5.78. The van der Waals surface area contributed by atoms with Gasteiger partial charge in [0, 0.05) is 6.42 Å². The first-order valence-electron chi connectivity index (χ1n) is 8.33. The number of aliphatic carboxylic acids is 1. The predicted molar refractivity (Wildman–Crippen MR) is 94.0 cm³/mol. The summed E-state index contributed by atoms with van der Waals surface area (Å²) in [7, 11) is 0. The van der Waals surface area contributed by atoms with Gasteiger partial charge in [-0.05, 0) is 36.0 Å². The van der Waals surface area contributed by atoms with Gasteiger partial charge in [-0.15, -0.1) is 0 Å². The van der Waals surface area contributed by atoms with Crippen LogP contribution in [0.2, 0.25) is 0 Å². The lowest BCUT2D eigenvalue weighted by atomic mass is 9.85. The second-order valence-corrected chi connectivity index (χ2v) is 7.47. The molecule has 0 aliphatic heterocycles. The third kappa shape index (κ3) is 7.49. The fourth-order valence-corrected chi connectivity index (χ4v) is 2.40. The van der Waals surface area contributed by atoms with Gasteiger partial charge in [0.1, 0.15) is 5.75 Å². The minimum absolute atomic E-state index is 0.0311. The molecule has 0 spiro atoms. The number of amides is 1. The van der Waals surface area contributed by atoms with Crippen molar-refractivity contribution >= 4 is 11.9 Å². The predicted octanol–water partition coefficient (Wildman–Crippen LogP) is 3.79. The summed E-state index contributed by atoms with van der Waals surface area (Å²) in [5.41, 5.74) is 0.417. The molecule has 0 radical (unpaired) electrons. The fraction of sp³-hybridized carbons (Fsp3) is 0.579. The summed E-state index contributed by atoms with van der Waals surface area (Å²) in [6, 6.07) is 7.52.